The molecule has 2 aromatic rings. The number of anilines is 1. The predicted octanol–water partition coefficient (Wildman–Crippen LogP) is 4.45. The highest BCUT2D eigenvalue weighted by Gasteiger charge is 2.33. The third-order valence-electron chi connectivity index (χ3n) is 2.58. The molecule has 0 aromatic heterocycles. The number of benzene rings is 2. The summed E-state index contributed by atoms with van der Waals surface area (Å²) in [7, 11) is 1.51. The van der Waals surface area contributed by atoms with Crippen molar-refractivity contribution in [2.75, 3.05) is 12.8 Å². The summed E-state index contributed by atoms with van der Waals surface area (Å²) in [5.74, 6) is 0.596. The lowest BCUT2D eigenvalue weighted by atomic mass is 10.2. The predicted molar refractivity (Wildman–Crippen MR) is 73.0 cm³/mol. The molecule has 106 valence electrons. The Labute approximate surface area is 118 Å². The number of rotatable bonds is 3. The number of nitrogen functional groups attached to an aromatic ring is 1. The van der Waals surface area contributed by atoms with E-state index in [-0.39, 0.29) is 10.6 Å². The van der Waals surface area contributed by atoms with Gasteiger partial charge in [-0.25, -0.2) is 0 Å². The van der Waals surface area contributed by atoms with Gasteiger partial charge in [-0.15, -0.1) is 0 Å². The second kappa shape index (κ2) is 5.66. The zero-order valence-corrected chi connectivity index (χ0v) is 11.4. The van der Waals surface area contributed by atoms with Crippen LogP contribution in [0.4, 0.5) is 18.9 Å². The van der Waals surface area contributed by atoms with Gasteiger partial charge in [0.15, 0.2) is 0 Å². The molecule has 20 heavy (non-hydrogen) atoms. The Morgan fingerprint density at radius 2 is 1.85 bits per heavy atom. The molecular formula is C14H12F3NOS. The van der Waals surface area contributed by atoms with Crippen molar-refractivity contribution in [3.05, 3.63) is 48.0 Å². The summed E-state index contributed by atoms with van der Waals surface area (Å²) in [6.07, 6.45) is -4.43. The normalized spacial score (nSPS) is 11.4. The summed E-state index contributed by atoms with van der Waals surface area (Å²) >= 11 is 1.02. The molecule has 6 heteroatoms. The van der Waals surface area contributed by atoms with E-state index < -0.39 is 11.7 Å². The zero-order chi connectivity index (χ0) is 14.8. The second-order valence-corrected chi connectivity index (χ2v) is 5.15. The van der Waals surface area contributed by atoms with Crippen molar-refractivity contribution < 1.29 is 17.9 Å². The van der Waals surface area contributed by atoms with Crippen LogP contribution in [-0.4, -0.2) is 7.11 Å². The first-order valence-corrected chi connectivity index (χ1v) is 6.50. The van der Waals surface area contributed by atoms with E-state index in [9.17, 15) is 13.2 Å². The molecule has 0 fully saturated rings. The Balaban J connectivity index is 2.38. The third kappa shape index (κ3) is 3.39. The van der Waals surface area contributed by atoms with Crippen LogP contribution in [0.15, 0.2) is 52.3 Å². The molecule has 0 aliphatic rings. The van der Waals surface area contributed by atoms with Gasteiger partial charge in [0, 0.05) is 15.5 Å². The maximum Gasteiger partial charge on any atom is 0.417 e. The molecule has 2 aromatic carbocycles. The first kappa shape index (κ1) is 14.6. The summed E-state index contributed by atoms with van der Waals surface area (Å²) in [6.45, 7) is 0. The number of hydrogen-bond donors (Lipinski definition) is 1. The Morgan fingerprint density at radius 1 is 1.10 bits per heavy atom. The third-order valence-corrected chi connectivity index (χ3v) is 3.64. The van der Waals surface area contributed by atoms with Crippen LogP contribution >= 0.6 is 11.8 Å². The van der Waals surface area contributed by atoms with E-state index in [1.54, 1.807) is 24.3 Å². The van der Waals surface area contributed by atoms with Crippen LogP contribution in [0, 0.1) is 0 Å². The Hall–Kier alpha value is -1.82. The van der Waals surface area contributed by atoms with E-state index in [1.807, 2.05) is 0 Å². The van der Waals surface area contributed by atoms with Crippen molar-refractivity contribution in [3.8, 4) is 5.75 Å². The molecule has 2 nitrogen and oxygen atoms in total. The molecule has 0 saturated heterocycles. The minimum atomic E-state index is -4.43. The van der Waals surface area contributed by atoms with E-state index >= 15 is 0 Å². The van der Waals surface area contributed by atoms with Crippen molar-refractivity contribution in [3.63, 3.8) is 0 Å². The lowest BCUT2D eigenvalue weighted by Gasteiger charge is -2.13. The summed E-state index contributed by atoms with van der Waals surface area (Å²) in [5, 5.41) is 0. The lowest BCUT2D eigenvalue weighted by Crippen LogP contribution is -2.07. The quantitative estimate of drug-likeness (QED) is 0.851. The highest BCUT2D eigenvalue weighted by Crippen LogP contribution is 2.40. The van der Waals surface area contributed by atoms with Gasteiger partial charge in [-0.3, -0.25) is 0 Å². The van der Waals surface area contributed by atoms with Crippen molar-refractivity contribution in [2.45, 2.75) is 16.0 Å². The average Bonchev–Trinajstić information content (AvgIpc) is 2.40. The maximum atomic E-state index is 13.0. The number of nitrogens with two attached hydrogens (primary N) is 1. The van der Waals surface area contributed by atoms with Crippen molar-refractivity contribution in [2.24, 2.45) is 0 Å². The number of halogens is 3. The van der Waals surface area contributed by atoms with Gasteiger partial charge in [0.1, 0.15) is 5.75 Å². The van der Waals surface area contributed by atoms with E-state index in [2.05, 4.69) is 0 Å². The van der Waals surface area contributed by atoms with E-state index in [1.165, 1.54) is 19.2 Å². The molecule has 2 rings (SSSR count). The molecule has 0 atom stereocenters. The first-order chi connectivity index (χ1) is 9.40. The summed E-state index contributed by atoms with van der Waals surface area (Å²) in [5.41, 5.74) is 4.79. The molecule has 0 saturated carbocycles. The van der Waals surface area contributed by atoms with Crippen LogP contribution < -0.4 is 10.5 Å². The summed E-state index contributed by atoms with van der Waals surface area (Å²) < 4.78 is 44.0. The van der Waals surface area contributed by atoms with E-state index in [0.29, 0.717) is 10.6 Å². The van der Waals surface area contributed by atoms with E-state index in [4.69, 9.17) is 10.5 Å². The standard InChI is InChI=1S/C14H12F3NOS/c1-19-10-3-2-4-11(8-10)20-13-6-5-9(18)7-12(13)14(15,16)17/h2-8H,18H2,1H3. The van der Waals surface area contributed by atoms with Crippen molar-refractivity contribution in [1.29, 1.82) is 0 Å². The van der Waals surface area contributed by atoms with Gasteiger partial charge < -0.3 is 10.5 Å². The zero-order valence-electron chi connectivity index (χ0n) is 10.6. The van der Waals surface area contributed by atoms with Crippen LogP contribution in [-0.2, 0) is 6.18 Å². The van der Waals surface area contributed by atoms with Crippen molar-refractivity contribution >= 4 is 17.4 Å². The van der Waals surface area contributed by atoms with Crippen LogP contribution in [0.25, 0.3) is 0 Å². The second-order valence-electron chi connectivity index (χ2n) is 4.03. The SMILES string of the molecule is COc1cccc(Sc2ccc(N)cc2C(F)(F)F)c1. The van der Waals surface area contributed by atoms with Crippen LogP contribution in [0.1, 0.15) is 5.56 Å². The van der Waals surface area contributed by atoms with Gasteiger partial charge in [0.05, 0.1) is 12.7 Å². The van der Waals surface area contributed by atoms with Crippen LogP contribution in [0.2, 0.25) is 0 Å². The monoisotopic (exact) mass is 299 g/mol. The fourth-order valence-corrected chi connectivity index (χ4v) is 2.65. The molecule has 0 spiro atoms. The van der Waals surface area contributed by atoms with Crippen molar-refractivity contribution in [1.82, 2.24) is 0 Å². The Morgan fingerprint density at radius 3 is 2.50 bits per heavy atom. The van der Waals surface area contributed by atoms with Gasteiger partial charge in [-0.05, 0) is 36.4 Å². The molecule has 0 aliphatic carbocycles. The molecular weight excluding hydrogens is 287 g/mol. The number of alkyl halides is 3. The average molecular weight is 299 g/mol. The highest BCUT2D eigenvalue weighted by atomic mass is 32.2. The Kier molecular flexibility index (Phi) is 4.13. The topological polar surface area (TPSA) is 35.2 Å². The Bertz CT molecular complexity index is 614. The number of ether oxygens (including phenoxy) is 1. The van der Waals surface area contributed by atoms with Crippen LogP contribution in [0.3, 0.4) is 0 Å². The first-order valence-electron chi connectivity index (χ1n) is 5.69. The van der Waals surface area contributed by atoms with Crippen LogP contribution in [0.5, 0.6) is 5.75 Å². The summed E-state index contributed by atoms with van der Waals surface area (Å²) in [6, 6.07) is 10.6. The molecule has 2 N–H and O–H groups in total. The van der Waals surface area contributed by atoms with E-state index in [0.717, 1.165) is 17.8 Å². The largest absolute Gasteiger partial charge is 0.497 e. The minimum absolute atomic E-state index is 0.0901. The molecule has 0 radical (unpaired) electrons. The molecule has 0 heterocycles. The number of hydrogen-bond acceptors (Lipinski definition) is 3. The van der Waals surface area contributed by atoms with Gasteiger partial charge in [0.25, 0.3) is 0 Å². The van der Waals surface area contributed by atoms with Gasteiger partial charge in [-0.1, -0.05) is 17.8 Å². The summed E-state index contributed by atoms with van der Waals surface area (Å²) in [4.78, 5) is 0.777. The smallest absolute Gasteiger partial charge is 0.417 e. The molecule has 0 bridgehead atoms. The number of methoxy groups -OCH3 is 1. The molecule has 0 aliphatic heterocycles. The maximum absolute atomic E-state index is 13.0. The highest BCUT2D eigenvalue weighted by molar-refractivity contribution is 7.99. The fourth-order valence-electron chi connectivity index (χ4n) is 1.65. The fraction of sp³-hybridized carbons (Fsp3) is 0.143. The van der Waals surface area contributed by atoms with Gasteiger partial charge in [0.2, 0.25) is 0 Å². The van der Waals surface area contributed by atoms with Gasteiger partial charge in [-0.2, -0.15) is 13.2 Å². The lowest BCUT2D eigenvalue weighted by molar-refractivity contribution is -0.139. The molecule has 0 unspecified atom stereocenters. The minimum Gasteiger partial charge on any atom is -0.497 e. The molecule has 0 amide bonds. The van der Waals surface area contributed by atoms with Gasteiger partial charge >= 0.3 is 6.18 Å².